The van der Waals surface area contributed by atoms with Gasteiger partial charge in [-0.25, -0.2) is 5.43 Å². The van der Waals surface area contributed by atoms with E-state index in [9.17, 15) is 8.78 Å². The van der Waals surface area contributed by atoms with Crippen molar-refractivity contribution >= 4 is 22.5 Å². The predicted molar refractivity (Wildman–Crippen MR) is 67.3 cm³/mol. The molecular formula is C12H12ClF2N3. The number of nitrogens with zero attached hydrogens (tertiary/aromatic N) is 1. The van der Waals surface area contributed by atoms with E-state index in [1.54, 1.807) is 12.1 Å². The molecule has 0 fully saturated rings. The van der Waals surface area contributed by atoms with Gasteiger partial charge in [-0.05, 0) is 42.3 Å². The Morgan fingerprint density at radius 2 is 2.06 bits per heavy atom. The van der Waals surface area contributed by atoms with Gasteiger partial charge in [0.05, 0.1) is 5.52 Å². The molecule has 1 atom stereocenters. The number of pyridine rings is 1. The largest absolute Gasteiger partial charge is 0.342 e. The number of hydrogen-bond acceptors (Lipinski definition) is 3. The maximum Gasteiger partial charge on any atom is 0.342 e. The van der Waals surface area contributed by atoms with Crippen molar-refractivity contribution in [2.45, 2.75) is 18.3 Å². The van der Waals surface area contributed by atoms with Crippen LogP contribution in [0.5, 0.6) is 0 Å². The highest BCUT2D eigenvalue weighted by molar-refractivity contribution is 6.22. The van der Waals surface area contributed by atoms with Crippen LogP contribution in [0.1, 0.15) is 17.3 Å². The average molecular weight is 272 g/mol. The van der Waals surface area contributed by atoms with Crippen LogP contribution < -0.4 is 11.3 Å². The average Bonchev–Trinajstić information content (AvgIpc) is 2.28. The minimum absolute atomic E-state index is 0.315. The smallest absolute Gasteiger partial charge is 0.271 e. The Bertz CT molecular complexity index is 569. The summed E-state index contributed by atoms with van der Waals surface area (Å²) in [6, 6.07) is 7.00. The van der Waals surface area contributed by atoms with Crippen molar-refractivity contribution < 1.29 is 8.78 Å². The first kappa shape index (κ1) is 13.1. The lowest BCUT2D eigenvalue weighted by molar-refractivity contribution is 0.0498. The van der Waals surface area contributed by atoms with E-state index >= 15 is 0 Å². The zero-order valence-electron chi connectivity index (χ0n) is 9.62. The molecule has 6 heteroatoms. The van der Waals surface area contributed by atoms with Gasteiger partial charge in [0.2, 0.25) is 0 Å². The summed E-state index contributed by atoms with van der Waals surface area (Å²) in [4.78, 5) is 4.29. The Balaban J connectivity index is 2.49. The number of halogens is 3. The summed E-state index contributed by atoms with van der Waals surface area (Å²) < 4.78 is 26.3. The van der Waals surface area contributed by atoms with Crippen molar-refractivity contribution in [3.63, 3.8) is 0 Å². The molecule has 0 bridgehead atoms. The Morgan fingerprint density at radius 3 is 2.67 bits per heavy atom. The molecule has 1 aromatic carbocycles. The number of rotatable bonds is 3. The maximum absolute atomic E-state index is 13.1. The predicted octanol–water partition coefficient (Wildman–Crippen LogP) is 2.88. The molecule has 0 saturated heterocycles. The Kier molecular flexibility index (Phi) is 3.47. The van der Waals surface area contributed by atoms with Crippen molar-refractivity contribution in [2.75, 3.05) is 0 Å². The molecule has 3 N–H and O–H groups in total. The van der Waals surface area contributed by atoms with E-state index in [0.717, 1.165) is 16.6 Å². The number of alkyl halides is 3. The van der Waals surface area contributed by atoms with Crippen LogP contribution in [0.3, 0.4) is 0 Å². The van der Waals surface area contributed by atoms with Gasteiger partial charge in [-0.2, -0.15) is 8.78 Å². The summed E-state index contributed by atoms with van der Waals surface area (Å²) in [5.74, 6) is 5.13. The van der Waals surface area contributed by atoms with Gasteiger partial charge in [-0.15, -0.1) is 0 Å². The Hall–Kier alpha value is -1.30. The standard InChI is InChI=1S/C12H12ClF2N3/c1-7-2-3-8-6-9(4-5-10(8)17-7)11(18-16)12(13,14)15/h2-6,11,18H,16H2,1H3. The fraction of sp³-hybridized carbons (Fsp3) is 0.250. The maximum atomic E-state index is 13.1. The molecule has 0 aliphatic rings. The molecule has 0 aliphatic heterocycles. The number of fused-ring (bicyclic) bond motifs is 1. The van der Waals surface area contributed by atoms with Crippen molar-refractivity contribution in [1.29, 1.82) is 0 Å². The number of hydrazine groups is 1. The van der Waals surface area contributed by atoms with Gasteiger partial charge >= 0.3 is 5.38 Å². The van der Waals surface area contributed by atoms with Gasteiger partial charge in [0.25, 0.3) is 0 Å². The molecule has 2 aromatic rings. The van der Waals surface area contributed by atoms with E-state index < -0.39 is 11.4 Å². The quantitative estimate of drug-likeness (QED) is 0.513. The van der Waals surface area contributed by atoms with E-state index in [0.29, 0.717) is 5.56 Å². The van der Waals surface area contributed by atoms with Gasteiger partial charge in [0.15, 0.2) is 0 Å². The SMILES string of the molecule is Cc1ccc2cc(C(NN)C(F)(F)Cl)ccc2n1. The Labute approximate surface area is 108 Å². The zero-order chi connectivity index (χ0) is 13.3. The van der Waals surface area contributed by atoms with Gasteiger partial charge in [-0.1, -0.05) is 12.1 Å². The van der Waals surface area contributed by atoms with Crippen molar-refractivity contribution in [3.8, 4) is 0 Å². The van der Waals surface area contributed by atoms with E-state index in [1.165, 1.54) is 6.07 Å². The second-order valence-electron chi connectivity index (χ2n) is 4.05. The van der Waals surface area contributed by atoms with Crippen molar-refractivity contribution in [3.05, 3.63) is 41.6 Å². The lowest BCUT2D eigenvalue weighted by Crippen LogP contribution is -2.37. The summed E-state index contributed by atoms with van der Waals surface area (Å²) in [6.07, 6.45) is 0. The van der Waals surface area contributed by atoms with Crippen LogP contribution in [0, 0.1) is 6.92 Å². The first-order chi connectivity index (χ1) is 8.41. The summed E-state index contributed by atoms with van der Waals surface area (Å²) in [5.41, 5.74) is 3.96. The monoisotopic (exact) mass is 271 g/mol. The molecule has 2 rings (SSSR count). The molecule has 96 valence electrons. The summed E-state index contributed by atoms with van der Waals surface area (Å²) >= 11 is 5.02. The summed E-state index contributed by atoms with van der Waals surface area (Å²) in [7, 11) is 0. The van der Waals surface area contributed by atoms with Crippen molar-refractivity contribution in [1.82, 2.24) is 10.4 Å². The molecule has 0 spiro atoms. The van der Waals surface area contributed by atoms with Gasteiger partial charge < -0.3 is 0 Å². The second-order valence-corrected chi connectivity index (χ2v) is 4.55. The molecular weight excluding hydrogens is 260 g/mol. The third-order valence-corrected chi connectivity index (χ3v) is 2.90. The zero-order valence-corrected chi connectivity index (χ0v) is 10.4. The molecule has 0 saturated carbocycles. The molecule has 0 radical (unpaired) electrons. The van der Waals surface area contributed by atoms with Crippen LogP contribution in [-0.2, 0) is 0 Å². The third kappa shape index (κ3) is 2.58. The van der Waals surface area contributed by atoms with Crippen LogP contribution in [0.25, 0.3) is 10.9 Å². The minimum atomic E-state index is -3.46. The normalized spacial score (nSPS) is 13.8. The molecule has 0 aliphatic carbocycles. The van der Waals surface area contributed by atoms with E-state index in [-0.39, 0.29) is 0 Å². The number of nitrogens with one attached hydrogen (secondary N) is 1. The lowest BCUT2D eigenvalue weighted by atomic mass is 10.0. The van der Waals surface area contributed by atoms with Crippen LogP contribution in [0.4, 0.5) is 8.78 Å². The minimum Gasteiger partial charge on any atom is -0.271 e. The van der Waals surface area contributed by atoms with Gasteiger partial charge in [-0.3, -0.25) is 10.8 Å². The molecule has 0 amide bonds. The van der Waals surface area contributed by atoms with Crippen LogP contribution in [0.2, 0.25) is 0 Å². The molecule has 1 aromatic heterocycles. The number of aromatic nitrogens is 1. The number of nitrogens with two attached hydrogens (primary N) is 1. The highest BCUT2D eigenvalue weighted by Crippen LogP contribution is 2.35. The fourth-order valence-electron chi connectivity index (χ4n) is 1.81. The molecule has 1 heterocycles. The highest BCUT2D eigenvalue weighted by atomic mass is 35.5. The van der Waals surface area contributed by atoms with Crippen molar-refractivity contribution in [2.24, 2.45) is 5.84 Å². The topological polar surface area (TPSA) is 50.9 Å². The number of hydrogen-bond donors (Lipinski definition) is 2. The first-order valence-electron chi connectivity index (χ1n) is 5.32. The number of benzene rings is 1. The second kappa shape index (κ2) is 4.76. The Morgan fingerprint density at radius 1 is 1.33 bits per heavy atom. The van der Waals surface area contributed by atoms with Crippen LogP contribution >= 0.6 is 11.6 Å². The van der Waals surface area contributed by atoms with Crippen LogP contribution in [0.15, 0.2) is 30.3 Å². The van der Waals surface area contributed by atoms with Crippen LogP contribution in [-0.4, -0.2) is 10.4 Å². The summed E-state index contributed by atoms with van der Waals surface area (Å²) in [5, 5.41) is -2.69. The molecule has 18 heavy (non-hydrogen) atoms. The lowest BCUT2D eigenvalue weighted by Gasteiger charge is -2.21. The molecule has 3 nitrogen and oxygen atoms in total. The first-order valence-corrected chi connectivity index (χ1v) is 5.70. The van der Waals surface area contributed by atoms with E-state index in [2.05, 4.69) is 4.98 Å². The molecule has 1 unspecified atom stereocenters. The fourth-order valence-corrected chi connectivity index (χ4v) is 1.99. The van der Waals surface area contributed by atoms with E-state index in [1.807, 2.05) is 24.5 Å². The number of aryl methyl sites for hydroxylation is 1. The van der Waals surface area contributed by atoms with Gasteiger partial charge in [0.1, 0.15) is 6.04 Å². The third-order valence-electron chi connectivity index (χ3n) is 2.68. The highest BCUT2D eigenvalue weighted by Gasteiger charge is 2.37. The van der Waals surface area contributed by atoms with Gasteiger partial charge in [0, 0.05) is 11.1 Å². The summed E-state index contributed by atoms with van der Waals surface area (Å²) in [6.45, 7) is 1.87. The van der Waals surface area contributed by atoms with E-state index in [4.69, 9.17) is 17.4 Å².